The van der Waals surface area contributed by atoms with Crippen LogP contribution in [-0.2, 0) is 9.59 Å². The van der Waals surface area contributed by atoms with Gasteiger partial charge in [0.15, 0.2) is 0 Å². The molecule has 0 aliphatic heterocycles. The van der Waals surface area contributed by atoms with E-state index in [1.54, 1.807) is 6.92 Å². The lowest BCUT2D eigenvalue weighted by Gasteiger charge is -2.05. The van der Waals surface area contributed by atoms with Crippen LogP contribution in [0.15, 0.2) is 0 Å². The van der Waals surface area contributed by atoms with E-state index in [1.807, 2.05) is 6.92 Å². The van der Waals surface area contributed by atoms with Gasteiger partial charge < -0.3 is 21.0 Å². The Hall–Kier alpha value is -1.89. The van der Waals surface area contributed by atoms with E-state index in [0.717, 1.165) is 10.4 Å². The summed E-state index contributed by atoms with van der Waals surface area (Å²) in [7, 11) is 0. The Morgan fingerprint density at radius 2 is 1.89 bits per heavy atom. The molecule has 0 unspecified atom stereocenters. The first-order valence-corrected chi connectivity index (χ1v) is 6.54. The zero-order valence-electron chi connectivity index (χ0n) is 10.7. The number of carbonyl (C=O) groups is 3. The number of nitrogens with one attached hydrogen (secondary N) is 1. The molecule has 0 aliphatic carbocycles. The van der Waals surface area contributed by atoms with E-state index in [9.17, 15) is 19.5 Å². The second kappa shape index (κ2) is 6.33. The van der Waals surface area contributed by atoms with Crippen molar-refractivity contribution in [3.8, 4) is 0 Å². The average molecular weight is 283 g/mol. The molecule has 0 radical (unpaired) electrons. The van der Waals surface area contributed by atoms with Gasteiger partial charge in [-0.1, -0.05) is 0 Å². The Balaban J connectivity index is 2.72. The lowest BCUT2D eigenvalue weighted by molar-refractivity contribution is -0.305. The predicted octanol–water partition coefficient (Wildman–Crippen LogP) is 0.323. The number of aryl methyl sites for hydroxylation is 1. The van der Waals surface area contributed by atoms with E-state index in [-0.39, 0.29) is 25.2 Å². The van der Waals surface area contributed by atoms with Gasteiger partial charge in [0.2, 0.25) is 5.91 Å². The van der Waals surface area contributed by atoms with E-state index >= 15 is 0 Å². The maximum Gasteiger partial charge on any atom is 0.251 e. The van der Waals surface area contributed by atoms with Crippen LogP contribution in [0.5, 0.6) is 0 Å². The fourth-order valence-corrected chi connectivity index (χ4v) is 2.68. The highest BCUT2D eigenvalue weighted by Gasteiger charge is 2.18. The van der Waals surface area contributed by atoms with Gasteiger partial charge in [0, 0.05) is 17.3 Å². The number of amides is 2. The summed E-state index contributed by atoms with van der Waals surface area (Å²) in [5.41, 5.74) is 6.34. The zero-order chi connectivity index (χ0) is 14.6. The van der Waals surface area contributed by atoms with Crippen LogP contribution in [-0.4, -0.2) is 17.8 Å². The standard InChI is InChI=1S/C12H16N2O4S/c1-6-7(2)19-12(10(6)11(13)18)14-8(15)4-3-5-9(16)17/h3-5H2,1-2H3,(H2,13,18)(H,14,15)(H,16,17)/p-1. The molecule has 1 rings (SSSR count). The largest absolute Gasteiger partial charge is 0.550 e. The highest BCUT2D eigenvalue weighted by Crippen LogP contribution is 2.32. The summed E-state index contributed by atoms with van der Waals surface area (Å²) in [6.07, 6.45) is 0.0875. The summed E-state index contributed by atoms with van der Waals surface area (Å²) >= 11 is 1.28. The normalized spacial score (nSPS) is 10.2. The van der Waals surface area contributed by atoms with Crippen LogP contribution in [0, 0.1) is 13.8 Å². The number of anilines is 1. The maximum atomic E-state index is 11.6. The zero-order valence-corrected chi connectivity index (χ0v) is 11.6. The topological polar surface area (TPSA) is 112 Å². The van der Waals surface area contributed by atoms with E-state index in [0.29, 0.717) is 10.6 Å². The van der Waals surface area contributed by atoms with Crippen molar-refractivity contribution in [3.05, 3.63) is 16.0 Å². The van der Waals surface area contributed by atoms with Gasteiger partial charge >= 0.3 is 0 Å². The van der Waals surface area contributed by atoms with E-state index in [2.05, 4.69) is 5.32 Å². The maximum absolute atomic E-state index is 11.6. The molecule has 0 atom stereocenters. The lowest BCUT2D eigenvalue weighted by atomic mass is 10.1. The quantitative estimate of drug-likeness (QED) is 0.782. The summed E-state index contributed by atoms with van der Waals surface area (Å²) in [5.74, 6) is -2.12. The highest BCUT2D eigenvalue weighted by atomic mass is 32.1. The van der Waals surface area contributed by atoms with Gasteiger partial charge in [-0.3, -0.25) is 9.59 Å². The third kappa shape index (κ3) is 4.06. The average Bonchev–Trinajstić information content (AvgIpc) is 2.53. The highest BCUT2D eigenvalue weighted by molar-refractivity contribution is 7.16. The molecule has 2 amide bonds. The third-order valence-corrected chi connectivity index (χ3v) is 3.79. The Morgan fingerprint density at radius 1 is 1.26 bits per heavy atom. The first kappa shape index (κ1) is 15.2. The predicted molar refractivity (Wildman–Crippen MR) is 69.8 cm³/mol. The van der Waals surface area contributed by atoms with Crippen molar-refractivity contribution in [3.63, 3.8) is 0 Å². The van der Waals surface area contributed by atoms with E-state index < -0.39 is 11.9 Å². The van der Waals surface area contributed by atoms with Crippen molar-refractivity contribution in [1.82, 2.24) is 0 Å². The molecule has 3 N–H and O–H groups in total. The minimum absolute atomic E-state index is 0.0577. The van der Waals surface area contributed by atoms with Crippen LogP contribution in [0.25, 0.3) is 0 Å². The molecule has 0 saturated heterocycles. The lowest BCUT2D eigenvalue weighted by Crippen LogP contribution is -2.22. The minimum Gasteiger partial charge on any atom is -0.550 e. The van der Waals surface area contributed by atoms with Crippen LogP contribution < -0.4 is 16.2 Å². The second-order valence-corrected chi connectivity index (χ2v) is 5.35. The number of carbonyl (C=O) groups excluding carboxylic acids is 3. The number of aliphatic carboxylic acids is 1. The SMILES string of the molecule is Cc1sc(NC(=O)CCCC(=O)[O-])c(C(N)=O)c1C. The molecule has 6 nitrogen and oxygen atoms in total. The Labute approximate surface area is 114 Å². The third-order valence-electron chi connectivity index (χ3n) is 2.67. The summed E-state index contributed by atoms with van der Waals surface area (Å²) in [6.45, 7) is 3.59. The molecular weight excluding hydrogens is 268 g/mol. The van der Waals surface area contributed by atoms with Crippen molar-refractivity contribution in [1.29, 1.82) is 0 Å². The van der Waals surface area contributed by atoms with Gasteiger partial charge in [0.05, 0.1) is 5.56 Å². The van der Waals surface area contributed by atoms with E-state index in [1.165, 1.54) is 11.3 Å². The first-order chi connectivity index (χ1) is 8.82. The van der Waals surface area contributed by atoms with Gasteiger partial charge in [-0.2, -0.15) is 0 Å². The first-order valence-electron chi connectivity index (χ1n) is 5.72. The number of hydrogen-bond acceptors (Lipinski definition) is 5. The molecule has 0 spiro atoms. The number of carboxylic acids is 1. The van der Waals surface area contributed by atoms with Gasteiger partial charge in [-0.05, 0) is 32.3 Å². The Bertz CT molecular complexity index is 522. The molecule has 1 heterocycles. The van der Waals surface area contributed by atoms with Gasteiger partial charge in [-0.25, -0.2) is 0 Å². The molecule has 104 valence electrons. The molecule has 0 saturated carbocycles. The summed E-state index contributed by atoms with van der Waals surface area (Å²) in [5, 5.41) is 13.2. The van der Waals surface area contributed by atoms with Gasteiger partial charge in [0.25, 0.3) is 5.91 Å². The molecule has 0 aromatic carbocycles. The van der Waals surface area contributed by atoms with Crippen LogP contribution in [0.3, 0.4) is 0 Å². The molecule has 19 heavy (non-hydrogen) atoms. The minimum atomic E-state index is -1.19. The molecule has 0 aliphatic rings. The Kier molecular flexibility index (Phi) is 5.05. The molecule has 0 bridgehead atoms. The number of primary amides is 1. The fourth-order valence-electron chi connectivity index (χ4n) is 1.59. The summed E-state index contributed by atoms with van der Waals surface area (Å²) in [6, 6.07) is 0. The molecule has 7 heteroatoms. The number of nitrogens with two attached hydrogens (primary N) is 1. The Morgan fingerprint density at radius 3 is 2.42 bits per heavy atom. The smallest absolute Gasteiger partial charge is 0.251 e. The van der Waals surface area contributed by atoms with Crippen LogP contribution in [0.4, 0.5) is 5.00 Å². The summed E-state index contributed by atoms with van der Waals surface area (Å²) < 4.78 is 0. The van der Waals surface area contributed by atoms with Crippen LogP contribution >= 0.6 is 11.3 Å². The second-order valence-electron chi connectivity index (χ2n) is 4.13. The van der Waals surface area contributed by atoms with Crippen molar-refractivity contribution < 1.29 is 19.5 Å². The molecular formula is C12H15N2O4S-. The van der Waals surface area contributed by atoms with Crippen molar-refractivity contribution >= 4 is 34.1 Å². The van der Waals surface area contributed by atoms with Crippen molar-refractivity contribution in [2.24, 2.45) is 5.73 Å². The van der Waals surface area contributed by atoms with E-state index in [4.69, 9.17) is 5.73 Å². The van der Waals surface area contributed by atoms with Crippen LogP contribution in [0.2, 0.25) is 0 Å². The number of thiophene rings is 1. The number of rotatable bonds is 6. The molecule has 1 aromatic rings. The van der Waals surface area contributed by atoms with Crippen molar-refractivity contribution in [2.75, 3.05) is 5.32 Å². The van der Waals surface area contributed by atoms with Crippen molar-refractivity contribution in [2.45, 2.75) is 33.1 Å². The fraction of sp³-hybridized carbons (Fsp3) is 0.417. The van der Waals surface area contributed by atoms with Gasteiger partial charge in [-0.15, -0.1) is 11.3 Å². The summed E-state index contributed by atoms with van der Waals surface area (Å²) in [4.78, 5) is 34.1. The monoisotopic (exact) mass is 283 g/mol. The number of hydrogen-bond donors (Lipinski definition) is 2. The number of carboxylic acid groups (broad SMARTS) is 1. The van der Waals surface area contributed by atoms with Crippen LogP contribution in [0.1, 0.15) is 40.1 Å². The van der Waals surface area contributed by atoms with Gasteiger partial charge in [0.1, 0.15) is 5.00 Å². The molecule has 0 fully saturated rings. The molecule has 1 aromatic heterocycles.